The van der Waals surface area contributed by atoms with Crippen molar-refractivity contribution < 1.29 is 9.90 Å². The summed E-state index contributed by atoms with van der Waals surface area (Å²) >= 11 is 0. The van der Waals surface area contributed by atoms with Gasteiger partial charge in [-0.15, -0.1) is 0 Å². The molecule has 8 heteroatoms. The number of benzene rings is 1. The first-order valence-electron chi connectivity index (χ1n) is 7.91. The first-order valence-corrected chi connectivity index (χ1v) is 7.91. The van der Waals surface area contributed by atoms with Crippen LogP contribution in [0.1, 0.15) is 23.6 Å². The summed E-state index contributed by atoms with van der Waals surface area (Å²) in [5, 5.41) is 17.1. The predicted octanol–water partition coefficient (Wildman–Crippen LogP) is 0.00577. The molecule has 1 saturated heterocycles. The van der Waals surface area contributed by atoms with Crippen molar-refractivity contribution >= 4 is 17.9 Å². The van der Waals surface area contributed by atoms with E-state index < -0.39 is 17.7 Å². The lowest BCUT2D eigenvalue weighted by Gasteiger charge is -2.25. The molecule has 3 rings (SSSR count). The van der Waals surface area contributed by atoms with E-state index in [2.05, 4.69) is 4.98 Å². The van der Waals surface area contributed by atoms with Gasteiger partial charge in [0.05, 0.1) is 11.7 Å². The van der Waals surface area contributed by atoms with E-state index >= 15 is 0 Å². The number of likely N-dealkylation sites (tertiary alicyclic amines) is 1. The van der Waals surface area contributed by atoms with Gasteiger partial charge in [-0.05, 0) is 12.0 Å². The maximum atomic E-state index is 13.1. The lowest BCUT2D eigenvalue weighted by Crippen LogP contribution is -2.41. The second-order valence-corrected chi connectivity index (χ2v) is 5.94. The number of nitrogens with one attached hydrogen (secondary N) is 1. The van der Waals surface area contributed by atoms with Crippen LogP contribution in [0.25, 0.3) is 0 Å². The molecule has 2 unspecified atom stereocenters. The van der Waals surface area contributed by atoms with E-state index in [1.807, 2.05) is 6.07 Å². The molecule has 130 valence electrons. The van der Waals surface area contributed by atoms with Gasteiger partial charge in [0.2, 0.25) is 0 Å². The van der Waals surface area contributed by atoms with E-state index in [0.717, 1.165) is 6.21 Å². The summed E-state index contributed by atoms with van der Waals surface area (Å²) < 4.78 is 1.19. The summed E-state index contributed by atoms with van der Waals surface area (Å²) in [4.78, 5) is 31.2. The molecule has 25 heavy (non-hydrogen) atoms. The fourth-order valence-corrected chi connectivity index (χ4v) is 2.99. The number of nitrogens with zero attached hydrogens (tertiary/aromatic N) is 3. The molecule has 1 amide bonds. The number of rotatable bonds is 4. The topological polar surface area (TPSA) is 125 Å². The number of β-amino-alcohol motifs (C(OH)–C–C–N with tert-alkyl or cyclic N) is 1. The highest BCUT2D eigenvalue weighted by Gasteiger charge is 2.33. The summed E-state index contributed by atoms with van der Waals surface area (Å²) in [6, 6.07) is 7.95. The second-order valence-electron chi connectivity index (χ2n) is 5.94. The Morgan fingerprint density at radius 2 is 2.12 bits per heavy atom. The van der Waals surface area contributed by atoms with E-state index in [1.165, 1.54) is 15.8 Å². The SMILES string of the molecule is N=Cc1c(N)ncn(C(C(=O)N2CCC(O)C2)c2ccccc2)c1=O. The van der Waals surface area contributed by atoms with Crippen LogP contribution in [0.15, 0.2) is 41.5 Å². The van der Waals surface area contributed by atoms with Crippen molar-refractivity contribution in [2.24, 2.45) is 0 Å². The Kier molecular flexibility index (Phi) is 4.62. The molecule has 0 aliphatic carbocycles. The Balaban J connectivity index is 2.11. The van der Waals surface area contributed by atoms with Gasteiger partial charge < -0.3 is 21.1 Å². The molecule has 0 saturated carbocycles. The smallest absolute Gasteiger partial charge is 0.265 e. The van der Waals surface area contributed by atoms with Gasteiger partial charge >= 0.3 is 0 Å². The van der Waals surface area contributed by atoms with Crippen molar-refractivity contribution in [2.75, 3.05) is 18.8 Å². The summed E-state index contributed by atoms with van der Waals surface area (Å²) in [6.07, 6.45) is 2.02. The molecule has 1 aromatic carbocycles. The number of carbonyl (C=O) groups is 1. The number of nitrogens with two attached hydrogens (primary N) is 1. The Labute approximate surface area is 144 Å². The van der Waals surface area contributed by atoms with Crippen LogP contribution in [-0.4, -0.2) is 50.9 Å². The summed E-state index contributed by atoms with van der Waals surface area (Å²) in [7, 11) is 0. The number of amides is 1. The molecular formula is C17H19N5O3. The fraction of sp³-hybridized carbons (Fsp3) is 0.294. The van der Waals surface area contributed by atoms with Crippen LogP contribution in [0.3, 0.4) is 0 Å². The maximum Gasteiger partial charge on any atom is 0.265 e. The minimum absolute atomic E-state index is 0.0490. The van der Waals surface area contributed by atoms with Gasteiger partial charge in [0, 0.05) is 19.3 Å². The zero-order chi connectivity index (χ0) is 18.0. The molecule has 0 radical (unpaired) electrons. The van der Waals surface area contributed by atoms with Crippen LogP contribution in [0.2, 0.25) is 0 Å². The van der Waals surface area contributed by atoms with Crippen LogP contribution in [-0.2, 0) is 4.79 Å². The third kappa shape index (κ3) is 3.16. The van der Waals surface area contributed by atoms with Crippen molar-refractivity contribution in [3.8, 4) is 0 Å². The molecule has 2 atom stereocenters. The number of anilines is 1. The lowest BCUT2D eigenvalue weighted by atomic mass is 10.1. The van der Waals surface area contributed by atoms with Gasteiger partial charge in [0.25, 0.3) is 11.5 Å². The maximum absolute atomic E-state index is 13.1. The van der Waals surface area contributed by atoms with Crippen molar-refractivity contribution in [1.29, 1.82) is 5.41 Å². The number of hydrogen-bond acceptors (Lipinski definition) is 6. The normalized spacial score (nSPS) is 18.1. The van der Waals surface area contributed by atoms with Crippen molar-refractivity contribution in [2.45, 2.75) is 18.6 Å². The highest BCUT2D eigenvalue weighted by atomic mass is 16.3. The third-order valence-electron chi connectivity index (χ3n) is 4.31. The van der Waals surface area contributed by atoms with Gasteiger partial charge in [-0.3, -0.25) is 14.2 Å². The number of aliphatic hydroxyl groups excluding tert-OH is 1. The quantitative estimate of drug-likeness (QED) is 0.675. The standard InChI is InChI=1S/C17H19N5O3/c18-8-13-15(19)20-10-22(16(13)24)14(11-4-2-1-3-5-11)17(25)21-7-6-12(23)9-21/h1-5,8,10,12,14,18,23H,6-7,9,19H2. The van der Waals surface area contributed by atoms with E-state index in [4.69, 9.17) is 11.1 Å². The molecule has 1 aliphatic heterocycles. The Morgan fingerprint density at radius 3 is 2.72 bits per heavy atom. The Morgan fingerprint density at radius 1 is 1.40 bits per heavy atom. The van der Waals surface area contributed by atoms with Crippen LogP contribution >= 0.6 is 0 Å². The lowest BCUT2D eigenvalue weighted by molar-refractivity contribution is -0.133. The first-order chi connectivity index (χ1) is 12.0. The summed E-state index contributed by atoms with van der Waals surface area (Å²) in [5.74, 6) is -0.348. The van der Waals surface area contributed by atoms with Crippen LogP contribution in [0, 0.1) is 5.41 Å². The molecule has 1 fully saturated rings. The Bertz CT molecular complexity index is 849. The molecule has 1 aromatic heterocycles. The van der Waals surface area contributed by atoms with E-state index in [1.54, 1.807) is 24.3 Å². The minimum atomic E-state index is -0.925. The monoisotopic (exact) mass is 341 g/mol. The second kappa shape index (κ2) is 6.86. The van der Waals surface area contributed by atoms with E-state index in [9.17, 15) is 14.7 Å². The number of nitrogen functional groups attached to an aromatic ring is 1. The number of hydrogen-bond donors (Lipinski definition) is 3. The number of carbonyl (C=O) groups excluding carboxylic acids is 1. The predicted molar refractivity (Wildman–Crippen MR) is 92.6 cm³/mol. The average Bonchev–Trinajstić information content (AvgIpc) is 3.05. The first kappa shape index (κ1) is 16.8. The van der Waals surface area contributed by atoms with Gasteiger partial charge in [0.15, 0.2) is 0 Å². The van der Waals surface area contributed by atoms with Crippen LogP contribution in [0.4, 0.5) is 5.82 Å². The molecule has 4 N–H and O–H groups in total. The van der Waals surface area contributed by atoms with Gasteiger partial charge in [-0.25, -0.2) is 4.98 Å². The highest BCUT2D eigenvalue weighted by Crippen LogP contribution is 2.22. The molecule has 0 spiro atoms. The van der Waals surface area contributed by atoms with Crippen LogP contribution < -0.4 is 11.3 Å². The molecule has 2 aromatic rings. The van der Waals surface area contributed by atoms with E-state index in [0.29, 0.717) is 18.5 Å². The largest absolute Gasteiger partial charge is 0.391 e. The van der Waals surface area contributed by atoms with Crippen molar-refractivity contribution in [1.82, 2.24) is 14.5 Å². The summed E-state index contributed by atoms with van der Waals surface area (Å²) in [6.45, 7) is 0.661. The molecule has 2 heterocycles. The van der Waals surface area contributed by atoms with Crippen molar-refractivity contribution in [3.05, 3.63) is 58.1 Å². The van der Waals surface area contributed by atoms with Crippen LogP contribution in [0.5, 0.6) is 0 Å². The number of aromatic nitrogens is 2. The summed E-state index contributed by atoms with van der Waals surface area (Å²) in [5.41, 5.74) is 5.67. The fourth-order valence-electron chi connectivity index (χ4n) is 2.99. The Hall–Kier alpha value is -3.00. The average molecular weight is 341 g/mol. The molecule has 1 aliphatic rings. The van der Waals surface area contributed by atoms with E-state index in [-0.39, 0.29) is 23.8 Å². The molecule has 8 nitrogen and oxygen atoms in total. The zero-order valence-corrected chi connectivity index (χ0v) is 13.5. The number of aliphatic hydroxyl groups is 1. The minimum Gasteiger partial charge on any atom is -0.391 e. The van der Waals surface area contributed by atoms with Gasteiger partial charge in [-0.1, -0.05) is 30.3 Å². The highest BCUT2D eigenvalue weighted by molar-refractivity contribution is 5.85. The van der Waals surface area contributed by atoms with Crippen molar-refractivity contribution in [3.63, 3.8) is 0 Å². The van der Waals surface area contributed by atoms with Gasteiger partial charge in [-0.2, -0.15) is 0 Å². The zero-order valence-electron chi connectivity index (χ0n) is 13.5. The van der Waals surface area contributed by atoms with Gasteiger partial charge in [0.1, 0.15) is 18.2 Å². The molecule has 0 bridgehead atoms. The molecular weight excluding hydrogens is 322 g/mol. The third-order valence-corrected chi connectivity index (χ3v) is 4.31.